The van der Waals surface area contributed by atoms with E-state index in [1.54, 1.807) is 0 Å². The van der Waals surface area contributed by atoms with Crippen LogP contribution in [0.1, 0.15) is 6.42 Å². The van der Waals surface area contributed by atoms with Crippen LogP contribution in [0.15, 0.2) is 21.1 Å². The van der Waals surface area contributed by atoms with Crippen molar-refractivity contribution in [3.8, 4) is 0 Å². The number of hydrogen-bond acceptors (Lipinski definition) is 2. The van der Waals surface area contributed by atoms with Gasteiger partial charge in [-0.15, -0.1) is 0 Å². The second-order valence-corrected chi connectivity index (χ2v) is 6.93. The summed E-state index contributed by atoms with van der Waals surface area (Å²) in [5.74, 6) is 0. The zero-order valence-corrected chi connectivity index (χ0v) is 12.1. The molecular formula is C9H10Br3NO. The topological polar surface area (TPSA) is 38.5 Å². The van der Waals surface area contributed by atoms with Crippen LogP contribution in [0.2, 0.25) is 0 Å². The fourth-order valence-corrected chi connectivity index (χ4v) is 4.62. The van der Waals surface area contributed by atoms with Crippen molar-refractivity contribution in [2.24, 2.45) is 5.73 Å². The molecule has 1 saturated heterocycles. The first kappa shape index (κ1) is 11.3. The molecule has 2 aliphatic rings. The molecule has 2 rings (SSSR count). The Morgan fingerprint density at radius 2 is 2.21 bits per heavy atom. The Hall–Kier alpha value is 0.840. The first-order valence-electron chi connectivity index (χ1n) is 4.33. The zero-order chi connectivity index (χ0) is 10.3. The lowest BCUT2D eigenvalue weighted by Crippen LogP contribution is -2.44. The second-order valence-electron chi connectivity index (χ2n) is 3.62. The Morgan fingerprint density at radius 1 is 1.57 bits per heavy atom. The van der Waals surface area contributed by atoms with E-state index in [-0.39, 0.29) is 10.4 Å². The smallest absolute Gasteiger partial charge is 0.0827 e. The Balaban J connectivity index is 2.20. The van der Waals surface area contributed by atoms with E-state index in [4.69, 9.17) is 10.5 Å². The van der Waals surface area contributed by atoms with E-state index in [2.05, 4.69) is 53.9 Å². The van der Waals surface area contributed by atoms with Gasteiger partial charge in [-0.3, -0.25) is 0 Å². The molecule has 2 nitrogen and oxygen atoms in total. The van der Waals surface area contributed by atoms with Crippen molar-refractivity contribution >= 4 is 47.8 Å². The van der Waals surface area contributed by atoms with Crippen LogP contribution in [0.3, 0.4) is 0 Å². The van der Waals surface area contributed by atoms with Crippen molar-refractivity contribution in [3.63, 3.8) is 0 Å². The minimum atomic E-state index is -0.194. The molecular weight excluding hydrogens is 378 g/mol. The molecule has 5 heteroatoms. The minimum absolute atomic E-state index is 0.0481. The molecule has 0 radical (unpaired) electrons. The van der Waals surface area contributed by atoms with Crippen LogP contribution in [-0.2, 0) is 4.74 Å². The molecule has 0 bridgehead atoms. The minimum Gasteiger partial charge on any atom is -0.373 e. The van der Waals surface area contributed by atoms with Gasteiger partial charge in [0.1, 0.15) is 0 Å². The summed E-state index contributed by atoms with van der Waals surface area (Å²) in [6, 6.07) is -0.0481. The third kappa shape index (κ3) is 2.32. The highest BCUT2D eigenvalue weighted by atomic mass is 79.9. The summed E-state index contributed by atoms with van der Waals surface area (Å²) in [7, 11) is 0. The fourth-order valence-electron chi connectivity index (χ4n) is 1.53. The Labute approximate surface area is 108 Å². The molecule has 0 aromatic rings. The van der Waals surface area contributed by atoms with Gasteiger partial charge in [0, 0.05) is 8.96 Å². The molecule has 1 aliphatic heterocycles. The molecule has 3 unspecified atom stereocenters. The van der Waals surface area contributed by atoms with Crippen molar-refractivity contribution in [3.05, 3.63) is 21.1 Å². The second kappa shape index (κ2) is 4.01. The normalized spacial score (nSPS) is 41.7. The fraction of sp³-hybridized carbons (Fsp3) is 0.556. The first-order valence-corrected chi connectivity index (χ1v) is 6.71. The van der Waals surface area contributed by atoms with Gasteiger partial charge in [-0.05, 0) is 12.5 Å². The summed E-state index contributed by atoms with van der Waals surface area (Å²) in [6.07, 6.45) is 5.35. The number of ether oxygens (including phenoxy) is 1. The standard InChI is InChI=1S/C9H10Br3NO/c10-5-1-7(11)8(13)9(12,2-5)3-6-4-14-6/h1-2,6,8H,3-4,13H2. The quantitative estimate of drug-likeness (QED) is 0.584. The largest absolute Gasteiger partial charge is 0.373 e. The maximum atomic E-state index is 6.11. The van der Waals surface area contributed by atoms with E-state index >= 15 is 0 Å². The SMILES string of the molecule is NC1C(Br)=CC(Br)=CC1(Br)CC1CO1. The summed E-state index contributed by atoms with van der Waals surface area (Å²) in [4.78, 5) is 0. The Kier molecular flexibility index (Phi) is 3.25. The molecule has 1 aliphatic carbocycles. The monoisotopic (exact) mass is 385 g/mol. The first-order chi connectivity index (χ1) is 6.51. The molecule has 0 spiro atoms. The summed E-state index contributed by atoms with van der Waals surface area (Å²) in [5, 5.41) is 0. The van der Waals surface area contributed by atoms with Crippen molar-refractivity contribution in [1.82, 2.24) is 0 Å². The molecule has 0 amide bonds. The lowest BCUT2D eigenvalue weighted by atomic mass is 9.91. The van der Waals surface area contributed by atoms with Crippen molar-refractivity contribution in [1.29, 1.82) is 0 Å². The predicted molar refractivity (Wildman–Crippen MR) is 68.0 cm³/mol. The van der Waals surface area contributed by atoms with Crippen molar-refractivity contribution < 1.29 is 4.74 Å². The molecule has 0 aromatic carbocycles. The molecule has 2 N–H and O–H groups in total. The van der Waals surface area contributed by atoms with E-state index in [0.29, 0.717) is 6.10 Å². The van der Waals surface area contributed by atoms with Gasteiger partial charge in [0.25, 0.3) is 0 Å². The van der Waals surface area contributed by atoms with E-state index < -0.39 is 0 Å². The number of nitrogens with two attached hydrogens (primary N) is 1. The average molecular weight is 388 g/mol. The van der Waals surface area contributed by atoms with Crippen LogP contribution in [0, 0.1) is 0 Å². The van der Waals surface area contributed by atoms with Crippen molar-refractivity contribution in [2.45, 2.75) is 22.9 Å². The van der Waals surface area contributed by atoms with Crippen LogP contribution < -0.4 is 5.73 Å². The van der Waals surface area contributed by atoms with Gasteiger partial charge in [-0.1, -0.05) is 53.9 Å². The molecule has 78 valence electrons. The summed E-state index contributed by atoms with van der Waals surface area (Å²) in [6.45, 7) is 0.854. The van der Waals surface area contributed by atoms with Gasteiger partial charge in [-0.2, -0.15) is 0 Å². The number of halogens is 3. The van der Waals surface area contributed by atoms with Gasteiger partial charge in [0.2, 0.25) is 0 Å². The lowest BCUT2D eigenvalue weighted by Gasteiger charge is -2.33. The average Bonchev–Trinajstić information content (AvgIpc) is 2.83. The number of rotatable bonds is 2. The number of allylic oxidation sites excluding steroid dienone is 2. The predicted octanol–water partition coefficient (Wildman–Crippen LogP) is 2.81. The number of alkyl halides is 1. The highest BCUT2D eigenvalue weighted by molar-refractivity contribution is 9.12. The molecule has 0 saturated carbocycles. The van der Waals surface area contributed by atoms with Crippen LogP contribution >= 0.6 is 47.8 Å². The van der Waals surface area contributed by atoms with Crippen LogP contribution in [0.25, 0.3) is 0 Å². The van der Waals surface area contributed by atoms with Gasteiger partial charge < -0.3 is 10.5 Å². The van der Waals surface area contributed by atoms with Crippen LogP contribution in [0.5, 0.6) is 0 Å². The maximum absolute atomic E-state index is 6.11. The summed E-state index contributed by atoms with van der Waals surface area (Å²) in [5.41, 5.74) is 6.11. The molecule has 3 atom stereocenters. The number of hydrogen-bond donors (Lipinski definition) is 1. The number of epoxide rings is 1. The van der Waals surface area contributed by atoms with E-state index in [1.807, 2.05) is 6.08 Å². The highest BCUT2D eigenvalue weighted by Crippen LogP contribution is 2.42. The van der Waals surface area contributed by atoms with E-state index in [1.165, 1.54) is 0 Å². The third-order valence-electron chi connectivity index (χ3n) is 2.41. The Morgan fingerprint density at radius 3 is 2.79 bits per heavy atom. The van der Waals surface area contributed by atoms with Gasteiger partial charge in [-0.25, -0.2) is 0 Å². The lowest BCUT2D eigenvalue weighted by molar-refractivity contribution is 0.377. The maximum Gasteiger partial charge on any atom is 0.0827 e. The molecule has 14 heavy (non-hydrogen) atoms. The van der Waals surface area contributed by atoms with E-state index in [9.17, 15) is 0 Å². The summed E-state index contributed by atoms with van der Waals surface area (Å²) >= 11 is 10.6. The third-order valence-corrected chi connectivity index (χ3v) is 4.64. The molecule has 1 fully saturated rings. The molecule has 1 heterocycles. The molecule has 0 aromatic heterocycles. The van der Waals surface area contributed by atoms with Crippen LogP contribution in [-0.4, -0.2) is 23.1 Å². The van der Waals surface area contributed by atoms with Gasteiger partial charge in [0.15, 0.2) is 0 Å². The van der Waals surface area contributed by atoms with Gasteiger partial charge >= 0.3 is 0 Å². The van der Waals surface area contributed by atoms with Crippen molar-refractivity contribution in [2.75, 3.05) is 6.61 Å². The Bertz CT molecular complexity index is 311. The van der Waals surface area contributed by atoms with Crippen LogP contribution in [0.4, 0.5) is 0 Å². The van der Waals surface area contributed by atoms with E-state index in [0.717, 1.165) is 22.0 Å². The zero-order valence-electron chi connectivity index (χ0n) is 7.34. The van der Waals surface area contributed by atoms with Gasteiger partial charge in [0.05, 0.1) is 23.1 Å². The highest BCUT2D eigenvalue weighted by Gasteiger charge is 2.41. The summed E-state index contributed by atoms with van der Waals surface area (Å²) < 4.78 is 7.09.